The lowest BCUT2D eigenvalue weighted by atomic mass is 10.1. The van der Waals surface area contributed by atoms with Crippen LogP contribution in [0.25, 0.3) is 0 Å². The Labute approximate surface area is 139 Å². The number of benzene rings is 1. The standard InChI is InChI=1S/C13H19N5O3S2/c1-7-3-10(18-5-8(14)6-23(18)21)11(22(2)20)4-9(7)12(19)17-13(15)16/h3-4,8H,5-6,14H2,1-2H3,(H4,15,16,17,19). The van der Waals surface area contributed by atoms with Crippen LogP contribution in [0.3, 0.4) is 0 Å². The Morgan fingerprint density at radius 2 is 2.09 bits per heavy atom. The quantitative estimate of drug-likeness (QED) is 0.465. The molecule has 1 aliphatic rings. The normalized spacial score (nSPS) is 22.0. The second kappa shape index (κ2) is 6.77. The molecule has 0 aliphatic carbocycles. The lowest BCUT2D eigenvalue weighted by Gasteiger charge is -2.21. The Kier molecular flexibility index (Phi) is 5.17. The molecule has 1 saturated heterocycles. The smallest absolute Gasteiger partial charge is 0.280 e. The molecular weight excluding hydrogens is 338 g/mol. The van der Waals surface area contributed by atoms with E-state index in [1.54, 1.807) is 17.3 Å². The van der Waals surface area contributed by atoms with E-state index in [-0.39, 0.29) is 17.6 Å². The zero-order valence-corrected chi connectivity index (χ0v) is 14.4. The summed E-state index contributed by atoms with van der Waals surface area (Å²) >= 11 is 0. The van der Waals surface area contributed by atoms with Crippen molar-refractivity contribution in [3.63, 3.8) is 0 Å². The summed E-state index contributed by atoms with van der Waals surface area (Å²) in [6.45, 7) is 2.11. The highest BCUT2D eigenvalue weighted by Crippen LogP contribution is 2.31. The average Bonchev–Trinajstić information content (AvgIpc) is 2.75. The molecule has 0 radical (unpaired) electrons. The minimum Gasteiger partial charge on any atom is -0.370 e. The van der Waals surface area contributed by atoms with Crippen molar-refractivity contribution >= 4 is 39.3 Å². The second-order valence-corrected chi connectivity index (χ2v) is 8.01. The molecule has 126 valence electrons. The van der Waals surface area contributed by atoms with Gasteiger partial charge in [0.15, 0.2) is 5.96 Å². The highest BCUT2D eigenvalue weighted by Gasteiger charge is 2.30. The van der Waals surface area contributed by atoms with Gasteiger partial charge in [-0.05, 0) is 24.6 Å². The van der Waals surface area contributed by atoms with Crippen molar-refractivity contribution in [2.24, 2.45) is 22.2 Å². The van der Waals surface area contributed by atoms with Crippen molar-refractivity contribution in [2.75, 3.05) is 22.9 Å². The number of nitrogens with zero attached hydrogens (tertiary/aromatic N) is 2. The van der Waals surface area contributed by atoms with Crippen LogP contribution in [0.1, 0.15) is 15.9 Å². The maximum atomic E-state index is 12.2. The largest absolute Gasteiger partial charge is 0.370 e. The molecule has 1 aliphatic heterocycles. The fourth-order valence-corrected chi connectivity index (χ4v) is 4.52. The highest BCUT2D eigenvalue weighted by molar-refractivity contribution is 7.87. The van der Waals surface area contributed by atoms with Crippen LogP contribution in [-0.4, -0.2) is 44.9 Å². The number of aliphatic imine (C=N–C) groups is 1. The number of rotatable bonds is 3. The van der Waals surface area contributed by atoms with Gasteiger partial charge in [-0.15, -0.1) is 0 Å². The third-order valence-corrected chi connectivity index (χ3v) is 5.85. The van der Waals surface area contributed by atoms with Gasteiger partial charge in [0.2, 0.25) is 0 Å². The number of hydrogen-bond acceptors (Lipinski definition) is 4. The second-order valence-electron chi connectivity index (χ2n) is 5.24. The zero-order chi connectivity index (χ0) is 17.3. The first-order valence-electron chi connectivity index (χ1n) is 6.74. The lowest BCUT2D eigenvalue weighted by Crippen LogP contribution is -2.28. The first-order chi connectivity index (χ1) is 10.7. The molecule has 0 aromatic heterocycles. The molecule has 1 amide bonds. The van der Waals surface area contributed by atoms with Crippen LogP contribution >= 0.6 is 0 Å². The van der Waals surface area contributed by atoms with E-state index in [1.165, 1.54) is 12.3 Å². The first kappa shape index (κ1) is 17.6. The summed E-state index contributed by atoms with van der Waals surface area (Å²) in [6.07, 6.45) is 1.49. The Morgan fingerprint density at radius 3 is 2.57 bits per heavy atom. The molecule has 6 N–H and O–H groups in total. The van der Waals surface area contributed by atoms with E-state index in [2.05, 4.69) is 4.99 Å². The lowest BCUT2D eigenvalue weighted by molar-refractivity contribution is 0.100. The van der Waals surface area contributed by atoms with Crippen molar-refractivity contribution < 1.29 is 13.2 Å². The minimum atomic E-state index is -1.39. The van der Waals surface area contributed by atoms with Gasteiger partial charge >= 0.3 is 0 Å². The number of carbonyl (C=O) groups is 1. The van der Waals surface area contributed by atoms with E-state index in [0.29, 0.717) is 28.4 Å². The summed E-state index contributed by atoms with van der Waals surface area (Å²) in [7, 11) is -2.67. The number of nitrogens with two attached hydrogens (primary N) is 3. The van der Waals surface area contributed by atoms with Crippen LogP contribution in [0.15, 0.2) is 22.0 Å². The van der Waals surface area contributed by atoms with Crippen molar-refractivity contribution in [3.05, 3.63) is 23.3 Å². The SMILES string of the molecule is Cc1cc(N2CC(N)CS2=O)c(S(C)=O)cc1C(=O)N=C(N)N. The van der Waals surface area contributed by atoms with E-state index < -0.39 is 27.7 Å². The fourth-order valence-electron chi connectivity index (χ4n) is 2.34. The number of hydrogen-bond donors (Lipinski definition) is 3. The van der Waals surface area contributed by atoms with Crippen molar-refractivity contribution in [2.45, 2.75) is 17.9 Å². The molecule has 2 rings (SSSR count). The number of amides is 1. The number of aryl methyl sites for hydroxylation is 1. The molecule has 23 heavy (non-hydrogen) atoms. The molecule has 0 bridgehead atoms. The zero-order valence-electron chi connectivity index (χ0n) is 12.8. The molecule has 3 atom stereocenters. The molecule has 0 saturated carbocycles. The summed E-state index contributed by atoms with van der Waals surface area (Å²) in [4.78, 5) is 16.0. The summed E-state index contributed by atoms with van der Waals surface area (Å²) in [6, 6.07) is 2.94. The Hall–Kier alpha value is -1.78. The third-order valence-electron chi connectivity index (χ3n) is 3.35. The summed E-state index contributed by atoms with van der Waals surface area (Å²) < 4.78 is 25.9. The minimum absolute atomic E-state index is 0.211. The maximum Gasteiger partial charge on any atom is 0.280 e. The molecule has 1 heterocycles. The van der Waals surface area contributed by atoms with Gasteiger partial charge in [0.05, 0.1) is 27.1 Å². The van der Waals surface area contributed by atoms with Crippen LogP contribution in [0.4, 0.5) is 5.69 Å². The monoisotopic (exact) mass is 357 g/mol. The van der Waals surface area contributed by atoms with Crippen LogP contribution in [0, 0.1) is 6.92 Å². The van der Waals surface area contributed by atoms with E-state index in [0.717, 1.165) is 0 Å². The van der Waals surface area contributed by atoms with E-state index in [1.807, 2.05) is 0 Å². The van der Waals surface area contributed by atoms with Crippen LogP contribution in [0.5, 0.6) is 0 Å². The molecular formula is C13H19N5O3S2. The van der Waals surface area contributed by atoms with E-state index >= 15 is 0 Å². The predicted octanol–water partition coefficient (Wildman–Crippen LogP) is -1.04. The summed E-state index contributed by atoms with van der Waals surface area (Å²) in [5.74, 6) is -0.604. The molecule has 0 spiro atoms. The van der Waals surface area contributed by atoms with Gasteiger partial charge in [-0.1, -0.05) is 0 Å². The van der Waals surface area contributed by atoms with Gasteiger partial charge in [0.1, 0.15) is 11.0 Å². The summed E-state index contributed by atoms with van der Waals surface area (Å²) in [5, 5.41) is 0. The van der Waals surface area contributed by atoms with Gasteiger partial charge in [0, 0.05) is 24.4 Å². The highest BCUT2D eigenvalue weighted by atomic mass is 32.2. The average molecular weight is 357 g/mol. The van der Waals surface area contributed by atoms with Gasteiger partial charge in [-0.25, -0.2) is 4.21 Å². The van der Waals surface area contributed by atoms with Crippen LogP contribution in [-0.2, 0) is 21.8 Å². The molecule has 1 aromatic carbocycles. The fraction of sp³-hybridized carbons (Fsp3) is 0.385. The predicted molar refractivity (Wildman–Crippen MR) is 92.0 cm³/mol. The van der Waals surface area contributed by atoms with Crippen LogP contribution < -0.4 is 21.5 Å². The van der Waals surface area contributed by atoms with Crippen molar-refractivity contribution in [3.8, 4) is 0 Å². The van der Waals surface area contributed by atoms with Gasteiger partial charge in [-0.2, -0.15) is 4.99 Å². The first-order valence-corrected chi connectivity index (χ1v) is 9.57. The Bertz CT molecular complexity index is 731. The van der Waals surface area contributed by atoms with Gasteiger partial charge in [-0.3, -0.25) is 13.3 Å². The molecule has 3 unspecified atom stereocenters. The topological polar surface area (TPSA) is 145 Å². The number of carbonyl (C=O) groups excluding carboxylic acids is 1. The Morgan fingerprint density at radius 1 is 1.43 bits per heavy atom. The van der Waals surface area contributed by atoms with Gasteiger partial charge in [0.25, 0.3) is 5.91 Å². The van der Waals surface area contributed by atoms with Crippen molar-refractivity contribution in [1.29, 1.82) is 0 Å². The van der Waals surface area contributed by atoms with Crippen molar-refractivity contribution in [1.82, 2.24) is 0 Å². The van der Waals surface area contributed by atoms with E-state index in [4.69, 9.17) is 17.2 Å². The van der Waals surface area contributed by atoms with E-state index in [9.17, 15) is 13.2 Å². The molecule has 1 aromatic rings. The molecule has 1 fully saturated rings. The maximum absolute atomic E-state index is 12.2. The molecule has 8 nitrogen and oxygen atoms in total. The number of guanidine groups is 1. The van der Waals surface area contributed by atoms with Crippen LogP contribution in [0.2, 0.25) is 0 Å². The summed E-state index contributed by atoms with van der Waals surface area (Å²) in [5.41, 5.74) is 17.7. The molecule has 10 heteroatoms. The van der Waals surface area contributed by atoms with Gasteiger partial charge < -0.3 is 17.2 Å². The third kappa shape index (κ3) is 3.77. The number of anilines is 1. The Balaban J connectivity index is 2.55.